The van der Waals surface area contributed by atoms with Gasteiger partial charge in [-0.15, -0.1) is 0 Å². The zero-order valence-electron chi connectivity index (χ0n) is 8.81. The molecule has 0 heterocycles. The van der Waals surface area contributed by atoms with E-state index in [0.717, 1.165) is 11.5 Å². The number of rotatable bonds is 7. The molecule has 0 aliphatic rings. The molecule has 0 saturated carbocycles. The van der Waals surface area contributed by atoms with Crippen LogP contribution in [-0.4, -0.2) is 38.6 Å². The number of methoxy groups -OCH3 is 1. The summed E-state index contributed by atoms with van der Waals surface area (Å²) in [6.45, 7) is 1.44. The second-order valence-electron chi connectivity index (χ2n) is 2.88. The van der Waals surface area contributed by atoms with Gasteiger partial charge in [-0.2, -0.15) is 0 Å². The molecule has 0 fully saturated rings. The van der Waals surface area contributed by atoms with E-state index in [1.807, 2.05) is 12.1 Å². The van der Waals surface area contributed by atoms with E-state index in [4.69, 9.17) is 19.3 Å². The van der Waals surface area contributed by atoms with Crippen LogP contribution >= 0.6 is 0 Å². The largest absolute Gasteiger partial charge is 0.491 e. The minimum atomic E-state index is 0.0199. The highest BCUT2D eigenvalue weighted by Gasteiger charge is 1.95. The third-order valence-corrected chi connectivity index (χ3v) is 1.74. The van der Waals surface area contributed by atoms with Crippen LogP contribution in [0.4, 0.5) is 0 Å². The number of aliphatic hydroxyl groups is 1. The van der Waals surface area contributed by atoms with Gasteiger partial charge in [0.1, 0.15) is 24.7 Å². The van der Waals surface area contributed by atoms with Crippen LogP contribution in [0.25, 0.3) is 0 Å². The summed E-state index contributed by atoms with van der Waals surface area (Å²) in [5.41, 5.74) is 0. The number of hydrogen-bond acceptors (Lipinski definition) is 4. The van der Waals surface area contributed by atoms with E-state index in [-0.39, 0.29) is 6.61 Å². The van der Waals surface area contributed by atoms with Crippen LogP contribution in [0.15, 0.2) is 24.3 Å². The predicted molar refractivity (Wildman–Crippen MR) is 56.4 cm³/mol. The number of aliphatic hydroxyl groups excluding tert-OH is 1. The third-order valence-electron chi connectivity index (χ3n) is 1.74. The van der Waals surface area contributed by atoms with Gasteiger partial charge in [0.2, 0.25) is 0 Å². The van der Waals surface area contributed by atoms with Crippen molar-refractivity contribution in [2.75, 3.05) is 33.5 Å². The molecule has 0 radical (unpaired) electrons. The van der Waals surface area contributed by atoms with Crippen molar-refractivity contribution < 1.29 is 19.3 Å². The Bertz CT molecular complexity index is 258. The van der Waals surface area contributed by atoms with Crippen molar-refractivity contribution in [3.8, 4) is 11.5 Å². The molecule has 0 aromatic heterocycles. The fourth-order valence-corrected chi connectivity index (χ4v) is 1.04. The summed E-state index contributed by atoms with van der Waals surface area (Å²) in [4.78, 5) is 0. The third kappa shape index (κ3) is 4.67. The summed E-state index contributed by atoms with van der Waals surface area (Å²) in [5, 5.41) is 8.56. The van der Waals surface area contributed by atoms with Crippen molar-refractivity contribution in [1.29, 1.82) is 0 Å². The molecule has 0 unspecified atom stereocenters. The van der Waals surface area contributed by atoms with Crippen LogP contribution in [0.5, 0.6) is 11.5 Å². The Morgan fingerprint density at radius 3 is 1.93 bits per heavy atom. The fourth-order valence-electron chi connectivity index (χ4n) is 1.04. The van der Waals surface area contributed by atoms with Gasteiger partial charge in [0.25, 0.3) is 0 Å². The Labute approximate surface area is 89.4 Å². The van der Waals surface area contributed by atoms with Gasteiger partial charge in [0.15, 0.2) is 0 Å². The summed E-state index contributed by atoms with van der Waals surface area (Å²) in [6.07, 6.45) is 0. The highest BCUT2D eigenvalue weighted by Crippen LogP contribution is 2.17. The number of ether oxygens (including phenoxy) is 3. The predicted octanol–water partition coefficient (Wildman–Crippen LogP) is 1.08. The SMILES string of the molecule is COCCOc1ccc(OCCO)cc1. The zero-order valence-corrected chi connectivity index (χ0v) is 8.81. The van der Waals surface area contributed by atoms with Crippen LogP contribution in [0.3, 0.4) is 0 Å². The van der Waals surface area contributed by atoms with Crippen LogP contribution in [0.1, 0.15) is 0 Å². The van der Waals surface area contributed by atoms with Crippen LogP contribution in [-0.2, 0) is 4.74 Å². The Kier molecular flexibility index (Phi) is 5.58. The lowest BCUT2D eigenvalue weighted by Crippen LogP contribution is -2.04. The second-order valence-corrected chi connectivity index (χ2v) is 2.88. The smallest absolute Gasteiger partial charge is 0.119 e. The quantitative estimate of drug-likeness (QED) is 0.687. The van der Waals surface area contributed by atoms with Crippen LogP contribution in [0.2, 0.25) is 0 Å². The minimum absolute atomic E-state index is 0.0199. The molecule has 1 aromatic rings. The summed E-state index contributed by atoms with van der Waals surface area (Å²) in [5.74, 6) is 1.51. The Balaban J connectivity index is 2.35. The Hall–Kier alpha value is -1.26. The molecule has 4 heteroatoms. The van der Waals surface area contributed by atoms with E-state index >= 15 is 0 Å². The van der Waals surface area contributed by atoms with Crippen LogP contribution < -0.4 is 9.47 Å². The van der Waals surface area contributed by atoms with Crippen molar-refractivity contribution in [3.05, 3.63) is 24.3 Å². The lowest BCUT2D eigenvalue weighted by molar-refractivity contribution is 0.146. The van der Waals surface area contributed by atoms with E-state index in [2.05, 4.69) is 0 Å². The highest BCUT2D eigenvalue weighted by atomic mass is 16.5. The van der Waals surface area contributed by atoms with E-state index in [1.54, 1.807) is 19.2 Å². The number of benzene rings is 1. The topological polar surface area (TPSA) is 47.9 Å². The molecule has 0 amide bonds. The monoisotopic (exact) mass is 212 g/mol. The van der Waals surface area contributed by atoms with Crippen molar-refractivity contribution in [2.45, 2.75) is 0 Å². The standard InChI is InChI=1S/C11H16O4/c1-13-8-9-15-11-4-2-10(3-5-11)14-7-6-12/h2-5,12H,6-9H2,1H3. The van der Waals surface area contributed by atoms with Gasteiger partial charge in [-0.1, -0.05) is 0 Å². The fraction of sp³-hybridized carbons (Fsp3) is 0.455. The number of hydrogen-bond donors (Lipinski definition) is 1. The maximum absolute atomic E-state index is 8.56. The normalized spacial score (nSPS) is 10.0. The molecule has 0 aliphatic heterocycles. The zero-order chi connectivity index (χ0) is 10.9. The van der Waals surface area contributed by atoms with Gasteiger partial charge in [0, 0.05) is 7.11 Å². The summed E-state index contributed by atoms with van der Waals surface area (Å²) >= 11 is 0. The Morgan fingerprint density at radius 2 is 1.47 bits per heavy atom. The van der Waals surface area contributed by atoms with Gasteiger partial charge in [0.05, 0.1) is 13.2 Å². The minimum Gasteiger partial charge on any atom is -0.491 e. The van der Waals surface area contributed by atoms with Gasteiger partial charge in [-0.05, 0) is 24.3 Å². The Morgan fingerprint density at radius 1 is 0.933 bits per heavy atom. The van der Waals surface area contributed by atoms with Crippen LogP contribution in [0, 0.1) is 0 Å². The van der Waals surface area contributed by atoms with Crippen molar-refractivity contribution in [3.63, 3.8) is 0 Å². The summed E-state index contributed by atoms with van der Waals surface area (Å²) in [7, 11) is 1.63. The molecular formula is C11H16O4. The first kappa shape index (κ1) is 11.8. The van der Waals surface area contributed by atoms with Gasteiger partial charge >= 0.3 is 0 Å². The van der Waals surface area contributed by atoms with Gasteiger partial charge in [-0.25, -0.2) is 0 Å². The molecule has 84 valence electrons. The van der Waals surface area contributed by atoms with Crippen molar-refractivity contribution >= 4 is 0 Å². The molecule has 1 N–H and O–H groups in total. The summed E-state index contributed by atoms with van der Waals surface area (Å²) in [6, 6.07) is 7.25. The maximum Gasteiger partial charge on any atom is 0.119 e. The molecule has 0 spiro atoms. The van der Waals surface area contributed by atoms with E-state index < -0.39 is 0 Å². The lowest BCUT2D eigenvalue weighted by atomic mass is 10.3. The van der Waals surface area contributed by atoms with Gasteiger partial charge in [-0.3, -0.25) is 0 Å². The first-order valence-electron chi connectivity index (χ1n) is 4.82. The lowest BCUT2D eigenvalue weighted by Gasteiger charge is -2.07. The molecule has 4 nitrogen and oxygen atoms in total. The molecule has 1 aromatic carbocycles. The van der Waals surface area contributed by atoms with E-state index in [9.17, 15) is 0 Å². The highest BCUT2D eigenvalue weighted by molar-refractivity contribution is 5.31. The second kappa shape index (κ2) is 7.09. The molecular weight excluding hydrogens is 196 g/mol. The maximum atomic E-state index is 8.56. The molecule has 0 bridgehead atoms. The average Bonchev–Trinajstić information content (AvgIpc) is 2.28. The molecule has 1 rings (SSSR count). The molecule has 0 aliphatic carbocycles. The van der Waals surface area contributed by atoms with Gasteiger partial charge < -0.3 is 19.3 Å². The molecule has 15 heavy (non-hydrogen) atoms. The van der Waals surface area contributed by atoms with Crippen molar-refractivity contribution in [2.24, 2.45) is 0 Å². The van der Waals surface area contributed by atoms with E-state index in [1.165, 1.54) is 0 Å². The summed E-state index contributed by atoms with van der Waals surface area (Å²) < 4.78 is 15.4. The van der Waals surface area contributed by atoms with Crippen molar-refractivity contribution in [1.82, 2.24) is 0 Å². The molecule has 0 atom stereocenters. The average molecular weight is 212 g/mol. The van der Waals surface area contributed by atoms with E-state index in [0.29, 0.717) is 19.8 Å². The first-order chi connectivity index (χ1) is 7.36. The molecule has 0 saturated heterocycles. The first-order valence-corrected chi connectivity index (χ1v) is 4.82.